The van der Waals surface area contributed by atoms with Gasteiger partial charge in [-0.05, 0) is 85.0 Å². The summed E-state index contributed by atoms with van der Waals surface area (Å²) in [6.07, 6.45) is 10.3. The summed E-state index contributed by atoms with van der Waals surface area (Å²) >= 11 is 0. The average Bonchev–Trinajstić information content (AvgIpc) is 4.12. The van der Waals surface area contributed by atoms with Crippen molar-refractivity contribution in [2.24, 2.45) is 10.9 Å². The summed E-state index contributed by atoms with van der Waals surface area (Å²) in [5, 5.41) is 2.88. The van der Waals surface area contributed by atoms with Crippen LogP contribution < -0.4 is 5.32 Å². The lowest BCUT2D eigenvalue weighted by Gasteiger charge is -2.34. The van der Waals surface area contributed by atoms with Crippen LogP contribution in [-0.2, 0) is 14.3 Å². The van der Waals surface area contributed by atoms with Crippen molar-refractivity contribution in [2.75, 3.05) is 33.3 Å². The minimum absolute atomic E-state index is 0.00601. The molecule has 1 aromatic heterocycles. The number of nitrogens with zero attached hydrogens (tertiary/aromatic N) is 5. The number of amides is 3. The number of aromatic nitrogens is 2. The van der Waals surface area contributed by atoms with Gasteiger partial charge in [-0.2, -0.15) is 0 Å². The molecule has 11 nitrogen and oxygen atoms in total. The Balaban J connectivity index is 0.891. The Morgan fingerprint density at radius 2 is 1.47 bits per heavy atom. The molecule has 4 heterocycles. The number of likely N-dealkylation sites (N-methyl/N-ethyl adjacent to an activating group) is 1. The Bertz CT molecular complexity index is 2140. The van der Waals surface area contributed by atoms with Crippen molar-refractivity contribution >= 4 is 29.2 Å². The molecule has 2 saturated heterocycles. The van der Waals surface area contributed by atoms with E-state index in [0.29, 0.717) is 0 Å². The van der Waals surface area contributed by atoms with Gasteiger partial charge in [0.1, 0.15) is 11.9 Å². The lowest BCUT2D eigenvalue weighted by atomic mass is 9.95. The fraction of sp³-hybridized carbons (Fsp3) is 0.426. The van der Waals surface area contributed by atoms with Crippen LogP contribution in [0.4, 0.5) is 4.79 Å². The third-order valence-electron chi connectivity index (χ3n) is 12.8. The molecule has 3 fully saturated rings. The monoisotopic (exact) mass is 781 g/mol. The van der Waals surface area contributed by atoms with Gasteiger partial charge >= 0.3 is 6.09 Å². The molecule has 0 bridgehead atoms. The van der Waals surface area contributed by atoms with E-state index in [1.807, 2.05) is 40.4 Å². The molecule has 3 aromatic carbocycles. The number of nitrogens with one attached hydrogen (secondary N) is 2. The minimum atomic E-state index is -0.478. The molecule has 3 amide bonds. The maximum absolute atomic E-state index is 14.2. The maximum atomic E-state index is 14.2. The van der Waals surface area contributed by atoms with E-state index in [2.05, 4.69) is 89.7 Å². The number of carbonyl (C=O) groups is 3. The zero-order valence-corrected chi connectivity index (χ0v) is 33.9. The van der Waals surface area contributed by atoms with Crippen LogP contribution in [0.2, 0.25) is 0 Å². The summed E-state index contributed by atoms with van der Waals surface area (Å²) in [6, 6.07) is 26.7. The minimum Gasteiger partial charge on any atom is -0.453 e. The quantitative estimate of drug-likeness (QED) is 0.150. The molecule has 0 unspecified atom stereocenters. The standard InChI is InChI=1S/C47H55N7O4/c1-4-52(5-2)43(35-12-7-6-8-13-35)46(56)54-27-11-17-42(54)44-49-30-40(50-44)34-24-22-32(23-25-34)31-18-20-33(21-19-31)36-28-39(48-29-36)41-16-10-26-53(41)45(55)37-14-9-15-38(37)51-47(57)58-3/h6-8,12-13,18-25,29-30,37-38,41-43H,4-5,9-11,14-17,26-28H2,1-3H3,(H,49,50)(H,51,57)/t37-,38-,41-,42-,43+/m0/s1. The number of hydrogen-bond donors (Lipinski definition) is 2. The molecule has 0 spiro atoms. The molecule has 5 atom stereocenters. The van der Waals surface area contributed by atoms with E-state index < -0.39 is 6.09 Å². The molecule has 0 radical (unpaired) electrons. The largest absolute Gasteiger partial charge is 0.453 e. The SMILES string of the molecule is CCN(CC)[C@@H](C(=O)N1CCC[C@H]1c1ncc(-c2ccc(-c3ccc(C4=CN=C([C@@H]5CCCN5C(=O)[C@H]5CCC[C@@H]5NC(=O)OC)C4)cc3)cc2)[nH]1)c1ccccc1. The van der Waals surface area contributed by atoms with E-state index >= 15 is 0 Å². The van der Waals surface area contributed by atoms with Crippen LogP contribution >= 0.6 is 0 Å². The van der Waals surface area contributed by atoms with Gasteiger partial charge in [0, 0.05) is 37.5 Å². The number of aromatic amines is 1. The molecule has 302 valence electrons. The molecule has 11 heteroatoms. The number of allylic oxidation sites excluding steroid dienone is 1. The number of ether oxygens (including phenoxy) is 1. The predicted octanol–water partition coefficient (Wildman–Crippen LogP) is 8.19. The normalized spacial score (nSPS) is 22.3. The van der Waals surface area contributed by atoms with E-state index in [9.17, 15) is 14.4 Å². The van der Waals surface area contributed by atoms with Crippen molar-refractivity contribution in [3.8, 4) is 22.4 Å². The topological polar surface area (TPSA) is 123 Å². The highest BCUT2D eigenvalue weighted by Crippen LogP contribution is 2.37. The zero-order valence-electron chi connectivity index (χ0n) is 33.9. The molecule has 1 saturated carbocycles. The molecule has 3 aliphatic heterocycles. The molecule has 1 aliphatic carbocycles. The number of alkyl carbamates (subject to hydrolysis) is 1. The summed E-state index contributed by atoms with van der Waals surface area (Å²) in [5.74, 6) is 0.878. The number of hydrogen-bond acceptors (Lipinski definition) is 7. The van der Waals surface area contributed by atoms with Crippen LogP contribution in [-0.4, -0.2) is 93.7 Å². The first-order valence-electron chi connectivity index (χ1n) is 21.1. The summed E-state index contributed by atoms with van der Waals surface area (Å²) < 4.78 is 4.81. The smallest absolute Gasteiger partial charge is 0.407 e. The number of methoxy groups -OCH3 is 1. The Morgan fingerprint density at radius 3 is 2.16 bits per heavy atom. The van der Waals surface area contributed by atoms with Gasteiger partial charge in [-0.1, -0.05) is 99.1 Å². The van der Waals surface area contributed by atoms with Crippen molar-refractivity contribution in [1.82, 2.24) is 30.0 Å². The van der Waals surface area contributed by atoms with Crippen LogP contribution in [0.5, 0.6) is 0 Å². The van der Waals surface area contributed by atoms with Gasteiger partial charge in [-0.3, -0.25) is 19.5 Å². The van der Waals surface area contributed by atoms with Crippen molar-refractivity contribution in [3.05, 3.63) is 108 Å². The Hall–Kier alpha value is -5.55. The Morgan fingerprint density at radius 1 is 0.810 bits per heavy atom. The summed E-state index contributed by atoms with van der Waals surface area (Å²) in [7, 11) is 1.36. The first-order chi connectivity index (χ1) is 28.4. The number of rotatable bonds is 12. The van der Waals surface area contributed by atoms with E-state index in [4.69, 9.17) is 14.7 Å². The number of imidazole rings is 1. The van der Waals surface area contributed by atoms with Gasteiger partial charge in [0.05, 0.1) is 37.0 Å². The second kappa shape index (κ2) is 17.5. The number of benzene rings is 3. The number of likely N-dealkylation sites (tertiary alicyclic amines) is 2. The van der Waals surface area contributed by atoms with Gasteiger partial charge in [-0.15, -0.1) is 0 Å². The van der Waals surface area contributed by atoms with Crippen LogP contribution in [0, 0.1) is 5.92 Å². The first kappa shape index (κ1) is 39.3. The number of carbonyl (C=O) groups excluding carboxylic acids is 3. The summed E-state index contributed by atoms with van der Waals surface area (Å²) in [5.41, 5.74) is 8.59. The van der Waals surface area contributed by atoms with Gasteiger partial charge in [0.15, 0.2) is 0 Å². The van der Waals surface area contributed by atoms with E-state index in [-0.39, 0.29) is 41.9 Å². The lowest BCUT2D eigenvalue weighted by Crippen LogP contribution is -2.48. The molecule has 8 rings (SSSR count). The first-order valence-corrected chi connectivity index (χ1v) is 21.1. The fourth-order valence-electron chi connectivity index (χ4n) is 9.63. The van der Waals surface area contributed by atoms with Gasteiger partial charge in [0.2, 0.25) is 11.8 Å². The van der Waals surface area contributed by atoms with Crippen molar-refractivity contribution in [3.63, 3.8) is 0 Å². The molecule has 4 aromatic rings. The van der Waals surface area contributed by atoms with E-state index in [1.54, 1.807) is 0 Å². The van der Waals surface area contributed by atoms with E-state index in [0.717, 1.165) is 128 Å². The van der Waals surface area contributed by atoms with Crippen LogP contribution in [0.15, 0.2) is 96.3 Å². The molecule has 2 N–H and O–H groups in total. The highest BCUT2D eigenvalue weighted by atomic mass is 16.5. The van der Waals surface area contributed by atoms with Crippen molar-refractivity contribution in [2.45, 2.75) is 89.4 Å². The lowest BCUT2D eigenvalue weighted by molar-refractivity contribution is -0.138. The Labute approximate surface area is 341 Å². The van der Waals surface area contributed by atoms with Crippen molar-refractivity contribution < 1.29 is 19.1 Å². The van der Waals surface area contributed by atoms with Gasteiger partial charge < -0.3 is 24.8 Å². The number of aliphatic imine (C=N–C) groups is 1. The third-order valence-corrected chi connectivity index (χ3v) is 12.8. The second-order valence-corrected chi connectivity index (χ2v) is 16.0. The van der Waals surface area contributed by atoms with Crippen LogP contribution in [0.1, 0.15) is 94.2 Å². The molecular weight excluding hydrogens is 727 g/mol. The van der Waals surface area contributed by atoms with Crippen LogP contribution in [0.3, 0.4) is 0 Å². The summed E-state index contributed by atoms with van der Waals surface area (Å²) in [6.45, 7) is 7.27. The third kappa shape index (κ3) is 7.97. The predicted molar refractivity (Wildman–Crippen MR) is 227 cm³/mol. The zero-order chi connectivity index (χ0) is 40.2. The van der Waals surface area contributed by atoms with E-state index in [1.165, 1.54) is 7.11 Å². The summed E-state index contributed by atoms with van der Waals surface area (Å²) in [4.78, 5) is 59.4. The average molecular weight is 782 g/mol. The Kier molecular flexibility index (Phi) is 11.9. The van der Waals surface area contributed by atoms with Crippen molar-refractivity contribution in [1.29, 1.82) is 0 Å². The van der Waals surface area contributed by atoms with Gasteiger partial charge in [-0.25, -0.2) is 9.78 Å². The maximum Gasteiger partial charge on any atom is 0.407 e. The highest BCUT2D eigenvalue weighted by Gasteiger charge is 2.42. The number of H-pyrrole nitrogens is 1. The molecule has 58 heavy (non-hydrogen) atoms. The second-order valence-electron chi connectivity index (χ2n) is 16.0. The highest BCUT2D eigenvalue weighted by molar-refractivity contribution is 6.03. The molecule has 4 aliphatic rings. The van der Waals surface area contributed by atoms with Crippen LogP contribution in [0.25, 0.3) is 28.0 Å². The molecular formula is C47H55N7O4. The van der Waals surface area contributed by atoms with Gasteiger partial charge in [0.25, 0.3) is 0 Å². The fourth-order valence-corrected chi connectivity index (χ4v) is 9.63.